The Morgan fingerprint density at radius 2 is 2.08 bits per heavy atom. The van der Waals surface area contributed by atoms with Crippen molar-refractivity contribution in [2.24, 2.45) is 0 Å². The summed E-state index contributed by atoms with van der Waals surface area (Å²) in [6, 6.07) is 6.37. The number of hydrogen-bond donors (Lipinski definition) is 2. The maximum atomic E-state index is 9.12. The third-order valence-electron chi connectivity index (χ3n) is 1.56. The highest BCUT2D eigenvalue weighted by molar-refractivity contribution is 5.59. The number of hydrogen-bond acceptors (Lipinski definition) is 3. The Kier molecular flexibility index (Phi) is 2.56. The number of benzene rings is 1. The lowest BCUT2D eigenvalue weighted by Crippen LogP contribution is -1.75. The van der Waals surface area contributed by atoms with Crippen molar-refractivity contribution in [3.8, 4) is 17.6 Å². The van der Waals surface area contributed by atoms with Crippen molar-refractivity contribution in [1.82, 2.24) is 0 Å². The first-order valence-electron chi connectivity index (χ1n) is 3.74. The first-order chi connectivity index (χ1) is 6.13. The highest BCUT2D eigenvalue weighted by atomic mass is 16.3. The lowest BCUT2D eigenvalue weighted by molar-refractivity contribution is 0.403. The predicted molar refractivity (Wildman–Crippen MR) is 49.0 cm³/mol. The second-order valence-corrected chi connectivity index (χ2v) is 2.69. The molecule has 66 valence electrons. The fourth-order valence-corrected chi connectivity index (χ4v) is 0.913. The molecule has 1 aromatic carbocycles. The van der Waals surface area contributed by atoms with Crippen LogP contribution in [0.1, 0.15) is 12.5 Å². The Balaban J connectivity index is 3.07. The zero-order chi connectivity index (χ0) is 9.84. The summed E-state index contributed by atoms with van der Waals surface area (Å²) in [6.45, 7) is 1.67. The summed E-state index contributed by atoms with van der Waals surface area (Å²) in [7, 11) is 0. The second-order valence-electron chi connectivity index (χ2n) is 2.69. The third kappa shape index (κ3) is 2.24. The van der Waals surface area contributed by atoms with Crippen LogP contribution in [0.2, 0.25) is 0 Å². The van der Waals surface area contributed by atoms with Crippen molar-refractivity contribution >= 4 is 6.08 Å². The van der Waals surface area contributed by atoms with E-state index in [1.54, 1.807) is 19.1 Å². The van der Waals surface area contributed by atoms with Gasteiger partial charge in [0.25, 0.3) is 0 Å². The van der Waals surface area contributed by atoms with Crippen molar-refractivity contribution < 1.29 is 10.2 Å². The minimum absolute atomic E-state index is 0.160. The van der Waals surface area contributed by atoms with Gasteiger partial charge in [-0.1, -0.05) is 6.07 Å². The average molecular weight is 175 g/mol. The van der Waals surface area contributed by atoms with Gasteiger partial charge < -0.3 is 10.2 Å². The van der Waals surface area contributed by atoms with Crippen LogP contribution in [0.15, 0.2) is 23.8 Å². The number of rotatable bonds is 1. The molecular formula is C10H9NO2. The topological polar surface area (TPSA) is 64.2 Å². The van der Waals surface area contributed by atoms with Gasteiger partial charge in [-0.25, -0.2) is 0 Å². The molecule has 0 aliphatic carbocycles. The monoisotopic (exact) mass is 175 g/mol. The highest BCUT2D eigenvalue weighted by Gasteiger charge is 1.98. The molecule has 0 aliphatic rings. The minimum Gasteiger partial charge on any atom is -0.504 e. The van der Waals surface area contributed by atoms with E-state index in [4.69, 9.17) is 15.5 Å². The van der Waals surface area contributed by atoms with Crippen LogP contribution in [-0.2, 0) is 0 Å². The highest BCUT2D eigenvalue weighted by Crippen LogP contribution is 2.25. The van der Waals surface area contributed by atoms with E-state index in [1.165, 1.54) is 12.1 Å². The van der Waals surface area contributed by atoms with Crippen LogP contribution in [0, 0.1) is 11.3 Å². The largest absolute Gasteiger partial charge is 0.504 e. The van der Waals surface area contributed by atoms with Crippen LogP contribution in [-0.4, -0.2) is 10.2 Å². The van der Waals surface area contributed by atoms with E-state index in [2.05, 4.69) is 0 Å². The SMILES string of the molecule is C/C(C#N)=C/c1ccc(O)c(O)c1. The Morgan fingerprint density at radius 1 is 1.38 bits per heavy atom. The fourth-order valence-electron chi connectivity index (χ4n) is 0.913. The van der Waals surface area contributed by atoms with Gasteiger partial charge in [-0.15, -0.1) is 0 Å². The van der Waals surface area contributed by atoms with Crippen LogP contribution in [0.3, 0.4) is 0 Å². The molecule has 3 nitrogen and oxygen atoms in total. The van der Waals surface area contributed by atoms with Crippen LogP contribution >= 0.6 is 0 Å². The second kappa shape index (κ2) is 3.63. The van der Waals surface area contributed by atoms with Crippen molar-refractivity contribution in [3.63, 3.8) is 0 Å². The molecule has 0 amide bonds. The molecule has 0 saturated carbocycles. The molecule has 1 aromatic rings. The van der Waals surface area contributed by atoms with Gasteiger partial charge in [-0.2, -0.15) is 5.26 Å². The molecule has 0 aliphatic heterocycles. The first kappa shape index (κ1) is 9.14. The van der Waals surface area contributed by atoms with Crippen LogP contribution in [0.4, 0.5) is 0 Å². The molecule has 2 N–H and O–H groups in total. The van der Waals surface area contributed by atoms with E-state index >= 15 is 0 Å². The number of aromatic hydroxyl groups is 2. The quantitative estimate of drug-likeness (QED) is 0.507. The third-order valence-corrected chi connectivity index (χ3v) is 1.56. The Bertz CT molecular complexity index is 388. The summed E-state index contributed by atoms with van der Waals surface area (Å²) in [4.78, 5) is 0. The molecule has 0 fully saturated rings. The van der Waals surface area contributed by atoms with Gasteiger partial charge in [-0.3, -0.25) is 0 Å². The lowest BCUT2D eigenvalue weighted by Gasteiger charge is -1.98. The summed E-state index contributed by atoms with van der Waals surface area (Å²) < 4.78 is 0. The summed E-state index contributed by atoms with van der Waals surface area (Å²) in [5, 5.41) is 26.6. The molecule has 0 radical (unpaired) electrons. The number of nitrogens with zero attached hydrogens (tertiary/aromatic N) is 1. The number of phenols is 2. The van der Waals surface area contributed by atoms with E-state index in [-0.39, 0.29) is 11.5 Å². The van der Waals surface area contributed by atoms with Gasteiger partial charge in [-0.05, 0) is 30.7 Å². The molecular weight excluding hydrogens is 166 g/mol. The zero-order valence-electron chi connectivity index (χ0n) is 7.15. The van der Waals surface area contributed by atoms with Gasteiger partial charge in [0.15, 0.2) is 11.5 Å². The molecule has 3 heteroatoms. The van der Waals surface area contributed by atoms with Crippen molar-refractivity contribution in [3.05, 3.63) is 29.3 Å². The summed E-state index contributed by atoms with van der Waals surface area (Å²) in [6.07, 6.45) is 1.62. The molecule has 0 atom stereocenters. The molecule has 0 aromatic heterocycles. The molecule has 0 saturated heterocycles. The average Bonchev–Trinajstić information content (AvgIpc) is 2.11. The van der Waals surface area contributed by atoms with E-state index in [0.717, 1.165) is 0 Å². The lowest BCUT2D eigenvalue weighted by atomic mass is 10.1. The van der Waals surface area contributed by atoms with Gasteiger partial charge >= 0.3 is 0 Å². The first-order valence-corrected chi connectivity index (χ1v) is 3.74. The number of nitriles is 1. The van der Waals surface area contributed by atoms with Gasteiger partial charge in [0.05, 0.1) is 6.07 Å². The van der Waals surface area contributed by atoms with E-state index in [1.807, 2.05) is 6.07 Å². The van der Waals surface area contributed by atoms with Gasteiger partial charge in [0, 0.05) is 5.57 Å². The van der Waals surface area contributed by atoms with E-state index in [9.17, 15) is 0 Å². The van der Waals surface area contributed by atoms with Gasteiger partial charge in [0.2, 0.25) is 0 Å². The van der Waals surface area contributed by atoms with Crippen LogP contribution < -0.4 is 0 Å². The van der Waals surface area contributed by atoms with E-state index in [0.29, 0.717) is 11.1 Å². The summed E-state index contributed by atoms with van der Waals surface area (Å²) in [5.41, 5.74) is 1.24. The predicted octanol–water partition coefficient (Wildman–Crippen LogP) is 2.02. The van der Waals surface area contributed by atoms with Crippen LogP contribution in [0.25, 0.3) is 6.08 Å². The molecule has 1 rings (SSSR count). The van der Waals surface area contributed by atoms with Crippen molar-refractivity contribution in [2.45, 2.75) is 6.92 Å². The summed E-state index contributed by atoms with van der Waals surface area (Å²) in [5.74, 6) is -0.341. The maximum Gasteiger partial charge on any atom is 0.157 e. The molecule has 13 heavy (non-hydrogen) atoms. The Morgan fingerprint density at radius 3 is 2.62 bits per heavy atom. The minimum atomic E-state index is -0.181. The fraction of sp³-hybridized carbons (Fsp3) is 0.100. The number of allylic oxidation sites excluding steroid dienone is 1. The standard InChI is InChI=1S/C10H9NO2/c1-7(6-11)4-8-2-3-9(12)10(13)5-8/h2-5,12-13H,1H3/b7-4-. The van der Waals surface area contributed by atoms with Crippen LogP contribution in [0.5, 0.6) is 11.5 Å². The van der Waals surface area contributed by atoms with Crippen molar-refractivity contribution in [1.29, 1.82) is 5.26 Å². The smallest absolute Gasteiger partial charge is 0.157 e. The Labute approximate surface area is 76.2 Å². The van der Waals surface area contributed by atoms with Gasteiger partial charge in [0.1, 0.15) is 0 Å². The molecule has 0 spiro atoms. The number of phenolic OH excluding ortho intramolecular Hbond substituents is 2. The normalized spacial score (nSPS) is 10.9. The maximum absolute atomic E-state index is 9.12. The van der Waals surface area contributed by atoms with E-state index < -0.39 is 0 Å². The zero-order valence-corrected chi connectivity index (χ0v) is 7.15. The summed E-state index contributed by atoms with van der Waals surface area (Å²) >= 11 is 0. The molecule has 0 unspecified atom stereocenters. The molecule has 0 heterocycles. The molecule has 0 bridgehead atoms. The van der Waals surface area contributed by atoms with Crippen molar-refractivity contribution in [2.75, 3.05) is 0 Å². The Hall–Kier alpha value is -1.95.